The molecule has 1 aromatic carbocycles. The van der Waals surface area contributed by atoms with Crippen LogP contribution in [0.5, 0.6) is 5.75 Å². The van der Waals surface area contributed by atoms with E-state index in [1.54, 1.807) is 0 Å². The van der Waals surface area contributed by atoms with Crippen molar-refractivity contribution >= 4 is 5.69 Å². The van der Waals surface area contributed by atoms with Crippen LogP contribution in [0.25, 0.3) is 0 Å². The summed E-state index contributed by atoms with van der Waals surface area (Å²) in [4.78, 5) is 0. The Hall–Kier alpha value is -1.22. The fourth-order valence-corrected chi connectivity index (χ4v) is 1.08. The second kappa shape index (κ2) is 4.72. The van der Waals surface area contributed by atoms with Gasteiger partial charge in [-0.25, -0.2) is 5.01 Å². The van der Waals surface area contributed by atoms with E-state index in [0.29, 0.717) is 6.61 Å². The minimum atomic E-state index is 0.687. The molecule has 0 fully saturated rings. The van der Waals surface area contributed by atoms with Gasteiger partial charge in [-0.3, -0.25) is 0 Å². The Morgan fingerprint density at radius 2 is 2.00 bits per heavy atom. The third kappa shape index (κ3) is 2.95. The zero-order valence-corrected chi connectivity index (χ0v) is 8.37. The predicted molar refractivity (Wildman–Crippen MR) is 54.9 cm³/mol. The number of hydrogen-bond acceptors (Lipinski definition) is 3. The fraction of sp³-hybridized carbons (Fsp3) is 0.400. The molecule has 0 heterocycles. The molecular formula is C10H16N2O. The van der Waals surface area contributed by atoms with E-state index in [1.165, 1.54) is 0 Å². The van der Waals surface area contributed by atoms with E-state index in [1.807, 2.05) is 50.3 Å². The van der Waals surface area contributed by atoms with Crippen LogP contribution in [0.1, 0.15) is 6.92 Å². The normalized spacial score (nSPS) is 10.2. The molecule has 1 N–H and O–H groups in total. The molecule has 0 amide bonds. The summed E-state index contributed by atoms with van der Waals surface area (Å²) < 4.78 is 5.45. The minimum Gasteiger partial charge on any atom is -0.492 e. The van der Waals surface area contributed by atoms with Gasteiger partial charge in [0.25, 0.3) is 0 Å². The third-order valence-corrected chi connectivity index (χ3v) is 1.53. The summed E-state index contributed by atoms with van der Waals surface area (Å²) in [5.74, 6) is 0.888. The lowest BCUT2D eigenvalue weighted by molar-refractivity contribution is 0.339. The molecule has 0 radical (unpaired) electrons. The SMILES string of the molecule is CCOc1ccccc1NN(C)C. The summed E-state index contributed by atoms with van der Waals surface area (Å²) in [6.07, 6.45) is 0. The van der Waals surface area contributed by atoms with Crippen LogP contribution in [-0.4, -0.2) is 25.7 Å². The van der Waals surface area contributed by atoms with Crippen LogP contribution in [-0.2, 0) is 0 Å². The monoisotopic (exact) mass is 180 g/mol. The lowest BCUT2D eigenvalue weighted by atomic mass is 10.3. The van der Waals surface area contributed by atoms with Gasteiger partial charge in [-0.15, -0.1) is 0 Å². The molecule has 0 spiro atoms. The van der Waals surface area contributed by atoms with Crippen LogP contribution in [0.4, 0.5) is 5.69 Å². The van der Waals surface area contributed by atoms with Crippen molar-refractivity contribution < 1.29 is 4.74 Å². The molecule has 0 saturated carbocycles. The van der Waals surface area contributed by atoms with Crippen LogP contribution in [0, 0.1) is 0 Å². The van der Waals surface area contributed by atoms with Crippen molar-refractivity contribution in [2.75, 3.05) is 26.1 Å². The quantitative estimate of drug-likeness (QED) is 0.717. The van der Waals surface area contributed by atoms with Gasteiger partial charge in [0.1, 0.15) is 5.75 Å². The second-order valence-electron chi connectivity index (χ2n) is 2.94. The van der Waals surface area contributed by atoms with Crippen molar-refractivity contribution in [3.8, 4) is 5.75 Å². The van der Waals surface area contributed by atoms with Gasteiger partial charge in [0, 0.05) is 14.1 Å². The molecule has 72 valence electrons. The van der Waals surface area contributed by atoms with E-state index >= 15 is 0 Å². The highest BCUT2D eigenvalue weighted by Gasteiger charge is 2.00. The molecule has 3 nitrogen and oxygen atoms in total. The average molecular weight is 180 g/mol. The van der Waals surface area contributed by atoms with E-state index < -0.39 is 0 Å². The highest BCUT2D eigenvalue weighted by molar-refractivity contribution is 5.55. The van der Waals surface area contributed by atoms with Crippen molar-refractivity contribution in [2.45, 2.75) is 6.92 Å². The summed E-state index contributed by atoms with van der Waals surface area (Å²) in [7, 11) is 3.89. The average Bonchev–Trinajstić information content (AvgIpc) is 2.08. The summed E-state index contributed by atoms with van der Waals surface area (Å²) in [5.41, 5.74) is 4.16. The van der Waals surface area contributed by atoms with Gasteiger partial charge in [-0.2, -0.15) is 0 Å². The van der Waals surface area contributed by atoms with Crippen LogP contribution in [0.3, 0.4) is 0 Å². The van der Waals surface area contributed by atoms with Gasteiger partial charge in [0.15, 0.2) is 0 Å². The number of nitrogens with zero attached hydrogens (tertiary/aromatic N) is 1. The van der Waals surface area contributed by atoms with Crippen LogP contribution >= 0.6 is 0 Å². The summed E-state index contributed by atoms with van der Waals surface area (Å²) in [6.45, 7) is 2.67. The van der Waals surface area contributed by atoms with E-state index in [0.717, 1.165) is 11.4 Å². The van der Waals surface area contributed by atoms with Gasteiger partial charge >= 0.3 is 0 Å². The number of ether oxygens (including phenoxy) is 1. The standard InChI is InChI=1S/C10H16N2O/c1-4-13-10-8-6-5-7-9(10)11-12(2)3/h5-8,11H,4H2,1-3H3. The van der Waals surface area contributed by atoms with Crippen LogP contribution in [0.2, 0.25) is 0 Å². The lowest BCUT2D eigenvalue weighted by Crippen LogP contribution is -2.20. The first kappa shape index (κ1) is 9.86. The topological polar surface area (TPSA) is 24.5 Å². The molecule has 0 unspecified atom stereocenters. The van der Waals surface area contributed by atoms with Crippen molar-refractivity contribution in [2.24, 2.45) is 0 Å². The van der Waals surface area contributed by atoms with Crippen molar-refractivity contribution in [1.82, 2.24) is 5.01 Å². The maximum Gasteiger partial charge on any atom is 0.143 e. The number of nitrogens with one attached hydrogen (secondary N) is 1. The first-order chi connectivity index (χ1) is 6.24. The fourth-order valence-electron chi connectivity index (χ4n) is 1.08. The Balaban J connectivity index is 2.78. The number of benzene rings is 1. The van der Waals surface area contributed by atoms with Crippen LogP contribution < -0.4 is 10.2 Å². The highest BCUT2D eigenvalue weighted by atomic mass is 16.5. The molecule has 0 aliphatic rings. The van der Waals surface area contributed by atoms with E-state index in [2.05, 4.69) is 5.43 Å². The first-order valence-corrected chi connectivity index (χ1v) is 4.40. The van der Waals surface area contributed by atoms with Gasteiger partial charge in [-0.05, 0) is 19.1 Å². The number of rotatable bonds is 4. The third-order valence-electron chi connectivity index (χ3n) is 1.53. The van der Waals surface area contributed by atoms with Gasteiger partial charge in [0.2, 0.25) is 0 Å². The molecular weight excluding hydrogens is 164 g/mol. The van der Waals surface area contributed by atoms with Gasteiger partial charge < -0.3 is 10.2 Å². The maximum atomic E-state index is 5.45. The van der Waals surface area contributed by atoms with Crippen molar-refractivity contribution in [3.05, 3.63) is 24.3 Å². The number of hydrogen-bond donors (Lipinski definition) is 1. The van der Waals surface area contributed by atoms with Gasteiger partial charge in [0.05, 0.1) is 12.3 Å². The Morgan fingerprint density at radius 1 is 1.31 bits per heavy atom. The second-order valence-corrected chi connectivity index (χ2v) is 2.94. The molecule has 1 rings (SSSR count). The zero-order chi connectivity index (χ0) is 9.68. The molecule has 13 heavy (non-hydrogen) atoms. The molecule has 0 atom stereocenters. The smallest absolute Gasteiger partial charge is 0.143 e. The molecule has 0 saturated heterocycles. The van der Waals surface area contributed by atoms with Gasteiger partial charge in [-0.1, -0.05) is 12.1 Å². The predicted octanol–water partition coefficient (Wildman–Crippen LogP) is 1.97. The summed E-state index contributed by atoms with van der Waals surface area (Å²) >= 11 is 0. The Morgan fingerprint density at radius 3 is 2.62 bits per heavy atom. The van der Waals surface area contributed by atoms with E-state index in [9.17, 15) is 0 Å². The molecule has 0 bridgehead atoms. The molecule has 0 aliphatic carbocycles. The Bertz CT molecular complexity index is 261. The van der Waals surface area contributed by atoms with E-state index in [4.69, 9.17) is 4.74 Å². The highest BCUT2D eigenvalue weighted by Crippen LogP contribution is 2.23. The molecule has 0 aliphatic heterocycles. The summed E-state index contributed by atoms with van der Waals surface area (Å²) in [6, 6.07) is 7.89. The van der Waals surface area contributed by atoms with Crippen molar-refractivity contribution in [3.63, 3.8) is 0 Å². The number of para-hydroxylation sites is 2. The summed E-state index contributed by atoms with van der Waals surface area (Å²) in [5, 5.41) is 1.89. The van der Waals surface area contributed by atoms with Crippen molar-refractivity contribution in [1.29, 1.82) is 0 Å². The molecule has 3 heteroatoms. The zero-order valence-electron chi connectivity index (χ0n) is 8.37. The Labute approximate surface area is 79.3 Å². The minimum absolute atomic E-state index is 0.687. The molecule has 1 aromatic rings. The Kier molecular flexibility index (Phi) is 3.58. The van der Waals surface area contributed by atoms with E-state index in [-0.39, 0.29) is 0 Å². The first-order valence-electron chi connectivity index (χ1n) is 4.40. The largest absolute Gasteiger partial charge is 0.492 e. The molecule has 0 aromatic heterocycles. The maximum absolute atomic E-state index is 5.45. The number of anilines is 1. The number of hydrazine groups is 1. The van der Waals surface area contributed by atoms with Crippen LogP contribution in [0.15, 0.2) is 24.3 Å². The lowest BCUT2D eigenvalue weighted by Gasteiger charge is -2.16.